The van der Waals surface area contributed by atoms with Crippen molar-refractivity contribution in [1.82, 2.24) is 19.7 Å². The van der Waals surface area contributed by atoms with Gasteiger partial charge in [0.1, 0.15) is 5.56 Å². The molecule has 0 radical (unpaired) electrons. The molecule has 106 valence electrons. The van der Waals surface area contributed by atoms with Crippen molar-refractivity contribution in [3.63, 3.8) is 0 Å². The van der Waals surface area contributed by atoms with Crippen molar-refractivity contribution in [2.45, 2.75) is 6.92 Å². The van der Waals surface area contributed by atoms with Crippen LogP contribution >= 0.6 is 0 Å². The van der Waals surface area contributed by atoms with E-state index in [9.17, 15) is 9.90 Å². The number of nitrogens with one attached hydrogen (secondary N) is 1. The molecule has 0 atom stereocenters. The van der Waals surface area contributed by atoms with Gasteiger partial charge in [0, 0.05) is 19.4 Å². The van der Waals surface area contributed by atoms with Gasteiger partial charge in [-0.2, -0.15) is 5.10 Å². The number of rotatable bonds is 3. The summed E-state index contributed by atoms with van der Waals surface area (Å²) in [6.07, 6.45) is 6.30. The van der Waals surface area contributed by atoms with Gasteiger partial charge in [-0.3, -0.25) is 9.67 Å². The number of carboxylic acids is 1. The summed E-state index contributed by atoms with van der Waals surface area (Å²) in [5, 5.41) is 17.2. The topological polar surface area (TPSA) is 92.9 Å². The SMILES string of the molecule is Cc1cncc(Nc2c(C(=O)O)cnc3c2cnn3C)c1. The van der Waals surface area contributed by atoms with Crippen LogP contribution in [-0.2, 0) is 7.05 Å². The molecule has 3 aromatic heterocycles. The van der Waals surface area contributed by atoms with Crippen LogP contribution in [0.1, 0.15) is 15.9 Å². The van der Waals surface area contributed by atoms with E-state index in [0.29, 0.717) is 22.4 Å². The zero-order valence-corrected chi connectivity index (χ0v) is 11.5. The quantitative estimate of drug-likeness (QED) is 0.764. The van der Waals surface area contributed by atoms with Gasteiger partial charge in [-0.05, 0) is 18.6 Å². The van der Waals surface area contributed by atoms with Crippen LogP contribution in [0.5, 0.6) is 0 Å². The minimum absolute atomic E-state index is 0.0945. The molecule has 0 saturated carbocycles. The van der Waals surface area contributed by atoms with Crippen molar-refractivity contribution < 1.29 is 9.90 Å². The predicted octanol–water partition coefficient (Wildman–Crippen LogP) is 2.11. The Morgan fingerprint density at radius 2 is 2.10 bits per heavy atom. The summed E-state index contributed by atoms with van der Waals surface area (Å²) < 4.78 is 1.60. The number of fused-ring (bicyclic) bond motifs is 1. The van der Waals surface area contributed by atoms with Gasteiger partial charge in [0.15, 0.2) is 5.65 Å². The number of nitrogens with zero attached hydrogens (tertiary/aromatic N) is 4. The molecule has 0 spiro atoms. The molecule has 7 heteroatoms. The third kappa shape index (κ3) is 2.29. The van der Waals surface area contributed by atoms with Gasteiger partial charge < -0.3 is 10.4 Å². The van der Waals surface area contributed by atoms with Crippen LogP contribution in [0.2, 0.25) is 0 Å². The lowest BCUT2D eigenvalue weighted by Crippen LogP contribution is -2.05. The second-order valence-electron chi connectivity index (χ2n) is 4.73. The Morgan fingerprint density at radius 1 is 1.29 bits per heavy atom. The third-order valence-corrected chi connectivity index (χ3v) is 3.14. The summed E-state index contributed by atoms with van der Waals surface area (Å²) in [5.74, 6) is -1.05. The molecule has 0 aliphatic rings. The average Bonchev–Trinajstić information content (AvgIpc) is 2.81. The number of anilines is 2. The highest BCUT2D eigenvalue weighted by molar-refractivity contribution is 6.04. The summed E-state index contributed by atoms with van der Waals surface area (Å²) in [6, 6.07) is 1.89. The summed E-state index contributed by atoms with van der Waals surface area (Å²) >= 11 is 0. The fourth-order valence-electron chi connectivity index (χ4n) is 2.16. The van der Waals surface area contributed by atoms with Crippen molar-refractivity contribution in [1.29, 1.82) is 0 Å². The fraction of sp³-hybridized carbons (Fsp3) is 0.143. The van der Waals surface area contributed by atoms with Crippen LogP contribution in [0.15, 0.2) is 30.9 Å². The van der Waals surface area contributed by atoms with E-state index in [-0.39, 0.29) is 5.56 Å². The number of hydrogen-bond acceptors (Lipinski definition) is 5. The number of carbonyl (C=O) groups is 1. The Hall–Kier alpha value is -2.96. The monoisotopic (exact) mass is 283 g/mol. The van der Waals surface area contributed by atoms with E-state index in [1.54, 1.807) is 30.3 Å². The smallest absolute Gasteiger partial charge is 0.339 e. The first-order chi connectivity index (χ1) is 10.1. The number of hydrogen-bond donors (Lipinski definition) is 2. The normalized spacial score (nSPS) is 10.8. The van der Waals surface area contributed by atoms with Gasteiger partial charge in [-0.1, -0.05) is 0 Å². The molecule has 0 aliphatic heterocycles. The molecule has 0 fully saturated rings. The van der Waals surface area contributed by atoms with Crippen LogP contribution < -0.4 is 5.32 Å². The Bertz CT molecular complexity index is 840. The van der Waals surface area contributed by atoms with Gasteiger partial charge in [-0.15, -0.1) is 0 Å². The largest absolute Gasteiger partial charge is 0.478 e. The average molecular weight is 283 g/mol. The van der Waals surface area contributed by atoms with Crippen molar-refractivity contribution >= 4 is 28.4 Å². The maximum Gasteiger partial charge on any atom is 0.339 e. The van der Waals surface area contributed by atoms with E-state index in [1.807, 2.05) is 13.0 Å². The molecule has 0 aliphatic carbocycles. The second-order valence-corrected chi connectivity index (χ2v) is 4.73. The number of pyridine rings is 2. The zero-order valence-electron chi connectivity index (χ0n) is 11.5. The van der Waals surface area contributed by atoms with E-state index < -0.39 is 5.97 Å². The second kappa shape index (κ2) is 4.86. The Balaban J connectivity index is 2.18. The molecular weight excluding hydrogens is 270 g/mol. The lowest BCUT2D eigenvalue weighted by molar-refractivity contribution is 0.0697. The molecule has 3 rings (SSSR count). The number of aromatic carboxylic acids is 1. The van der Waals surface area contributed by atoms with Gasteiger partial charge in [0.2, 0.25) is 0 Å². The highest BCUT2D eigenvalue weighted by atomic mass is 16.4. The Morgan fingerprint density at radius 3 is 2.81 bits per heavy atom. The van der Waals surface area contributed by atoms with Gasteiger partial charge in [0.05, 0.1) is 29.2 Å². The molecule has 21 heavy (non-hydrogen) atoms. The first-order valence-corrected chi connectivity index (χ1v) is 6.29. The predicted molar refractivity (Wildman–Crippen MR) is 77.7 cm³/mol. The molecule has 0 unspecified atom stereocenters. The van der Waals surface area contributed by atoms with Crippen LogP contribution in [0.25, 0.3) is 11.0 Å². The minimum atomic E-state index is -1.05. The van der Waals surface area contributed by atoms with Crippen molar-refractivity contribution in [3.05, 3.63) is 42.0 Å². The zero-order chi connectivity index (χ0) is 15.0. The van der Waals surface area contributed by atoms with Crippen LogP contribution in [0.4, 0.5) is 11.4 Å². The van der Waals surface area contributed by atoms with E-state index in [4.69, 9.17) is 0 Å². The highest BCUT2D eigenvalue weighted by Crippen LogP contribution is 2.28. The van der Waals surface area contributed by atoms with Crippen LogP contribution in [0.3, 0.4) is 0 Å². The van der Waals surface area contributed by atoms with Crippen molar-refractivity contribution in [2.24, 2.45) is 7.05 Å². The molecule has 0 amide bonds. The molecule has 7 nitrogen and oxygen atoms in total. The lowest BCUT2D eigenvalue weighted by Gasteiger charge is -2.10. The summed E-state index contributed by atoms with van der Waals surface area (Å²) in [7, 11) is 1.76. The standard InChI is InChI=1S/C14H13N5O2/c1-8-3-9(5-15-4-8)18-12-10-7-17-19(2)13(10)16-6-11(12)14(20)21/h3-7H,1-2H3,(H,16,18)(H,20,21). The molecule has 0 bridgehead atoms. The molecular formula is C14H13N5O2. The Labute approximate surface area is 120 Å². The molecule has 0 saturated heterocycles. The van der Waals surface area contributed by atoms with E-state index in [0.717, 1.165) is 5.56 Å². The summed E-state index contributed by atoms with van der Waals surface area (Å²) in [5.41, 5.74) is 2.87. The van der Waals surface area contributed by atoms with Crippen molar-refractivity contribution in [2.75, 3.05) is 5.32 Å². The number of carboxylic acid groups (broad SMARTS) is 1. The number of aryl methyl sites for hydroxylation is 2. The maximum absolute atomic E-state index is 11.4. The molecule has 3 aromatic rings. The third-order valence-electron chi connectivity index (χ3n) is 3.14. The first kappa shape index (κ1) is 13.0. The lowest BCUT2D eigenvalue weighted by atomic mass is 10.1. The molecule has 0 aromatic carbocycles. The van der Waals surface area contributed by atoms with Gasteiger partial charge in [-0.25, -0.2) is 9.78 Å². The summed E-state index contributed by atoms with van der Waals surface area (Å²) in [4.78, 5) is 19.6. The Kier molecular flexibility index (Phi) is 3.02. The highest BCUT2D eigenvalue weighted by Gasteiger charge is 2.17. The molecule has 3 heterocycles. The van der Waals surface area contributed by atoms with Crippen LogP contribution in [0, 0.1) is 6.92 Å². The fourth-order valence-corrected chi connectivity index (χ4v) is 2.16. The van der Waals surface area contributed by atoms with E-state index in [2.05, 4.69) is 20.4 Å². The van der Waals surface area contributed by atoms with Gasteiger partial charge >= 0.3 is 5.97 Å². The van der Waals surface area contributed by atoms with Crippen LogP contribution in [-0.4, -0.2) is 30.8 Å². The number of aromatic nitrogens is 4. The van der Waals surface area contributed by atoms with E-state index >= 15 is 0 Å². The minimum Gasteiger partial charge on any atom is -0.478 e. The van der Waals surface area contributed by atoms with E-state index in [1.165, 1.54) is 6.20 Å². The van der Waals surface area contributed by atoms with Crippen molar-refractivity contribution in [3.8, 4) is 0 Å². The first-order valence-electron chi connectivity index (χ1n) is 6.29. The molecule has 2 N–H and O–H groups in total. The van der Waals surface area contributed by atoms with Gasteiger partial charge in [0.25, 0.3) is 0 Å². The summed E-state index contributed by atoms with van der Waals surface area (Å²) in [6.45, 7) is 1.92. The maximum atomic E-state index is 11.4.